The zero-order chi connectivity index (χ0) is 15.5. The molecular weight excluding hydrogens is 282 g/mol. The lowest BCUT2D eigenvalue weighted by Gasteiger charge is -2.33. The van der Waals surface area contributed by atoms with Gasteiger partial charge in [0.15, 0.2) is 0 Å². The minimum absolute atomic E-state index is 0.00208. The summed E-state index contributed by atoms with van der Waals surface area (Å²) in [5.41, 5.74) is 2.34. The fourth-order valence-corrected chi connectivity index (χ4v) is 2.70. The minimum atomic E-state index is 0.00208. The SMILES string of the molecule is COc1cc(CN2CCOC[C@@H]2c2nnc(C)o2)ccc1C. The average Bonchev–Trinajstić information content (AvgIpc) is 2.96. The van der Waals surface area contributed by atoms with Gasteiger partial charge in [-0.2, -0.15) is 0 Å². The number of benzene rings is 1. The topological polar surface area (TPSA) is 60.6 Å². The Morgan fingerprint density at radius 2 is 2.18 bits per heavy atom. The Balaban J connectivity index is 1.79. The van der Waals surface area contributed by atoms with E-state index in [1.807, 2.05) is 6.92 Å². The van der Waals surface area contributed by atoms with Crippen LogP contribution in [0.2, 0.25) is 0 Å². The van der Waals surface area contributed by atoms with Crippen molar-refractivity contribution in [2.75, 3.05) is 26.9 Å². The van der Waals surface area contributed by atoms with Gasteiger partial charge in [-0.3, -0.25) is 4.90 Å². The van der Waals surface area contributed by atoms with Crippen LogP contribution in [-0.4, -0.2) is 42.0 Å². The lowest BCUT2D eigenvalue weighted by Crippen LogP contribution is -2.39. The molecule has 6 heteroatoms. The number of aryl methyl sites for hydroxylation is 2. The minimum Gasteiger partial charge on any atom is -0.496 e. The van der Waals surface area contributed by atoms with Gasteiger partial charge in [-0.15, -0.1) is 10.2 Å². The highest BCUT2D eigenvalue weighted by Gasteiger charge is 2.29. The van der Waals surface area contributed by atoms with E-state index in [0.717, 1.165) is 24.4 Å². The molecule has 1 aliphatic rings. The summed E-state index contributed by atoms with van der Waals surface area (Å²) in [5.74, 6) is 2.12. The smallest absolute Gasteiger partial charge is 0.235 e. The van der Waals surface area contributed by atoms with E-state index in [0.29, 0.717) is 25.0 Å². The highest BCUT2D eigenvalue weighted by molar-refractivity contribution is 5.36. The largest absolute Gasteiger partial charge is 0.496 e. The van der Waals surface area contributed by atoms with Crippen molar-refractivity contribution in [3.63, 3.8) is 0 Å². The zero-order valence-electron chi connectivity index (χ0n) is 13.2. The summed E-state index contributed by atoms with van der Waals surface area (Å²) in [7, 11) is 1.70. The molecule has 0 amide bonds. The summed E-state index contributed by atoms with van der Waals surface area (Å²) in [6.45, 7) is 6.77. The molecule has 22 heavy (non-hydrogen) atoms. The van der Waals surface area contributed by atoms with Gasteiger partial charge >= 0.3 is 0 Å². The summed E-state index contributed by atoms with van der Waals surface area (Å²) in [4.78, 5) is 2.31. The van der Waals surface area contributed by atoms with Gasteiger partial charge in [0.2, 0.25) is 11.8 Å². The number of methoxy groups -OCH3 is 1. The molecule has 0 aliphatic carbocycles. The van der Waals surface area contributed by atoms with Gasteiger partial charge in [0.1, 0.15) is 11.8 Å². The molecule has 1 atom stereocenters. The first kappa shape index (κ1) is 15.0. The van der Waals surface area contributed by atoms with Gasteiger partial charge in [-0.1, -0.05) is 12.1 Å². The van der Waals surface area contributed by atoms with E-state index in [2.05, 4.69) is 33.3 Å². The lowest BCUT2D eigenvalue weighted by molar-refractivity contribution is -0.0225. The third-order valence-corrected chi connectivity index (χ3v) is 3.92. The molecule has 1 aromatic heterocycles. The third kappa shape index (κ3) is 3.13. The maximum atomic E-state index is 5.59. The first-order valence-electron chi connectivity index (χ1n) is 7.42. The van der Waals surface area contributed by atoms with Crippen LogP contribution in [-0.2, 0) is 11.3 Å². The second-order valence-corrected chi connectivity index (χ2v) is 5.52. The predicted molar refractivity (Wildman–Crippen MR) is 80.7 cm³/mol. The molecule has 0 N–H and O–H groups in total. The fourth-order valence-electron chi connectivity index (χ4n) is 2.70. The van der Waals surface area contributed by atoms with E-state index in [1.165, 1.54) is 5.56 Å². The van der Waals surface area contributed by atoms with Crippen molar-refractivity contribution < 1.29 is 13.9 Å². The van der Waals surface area contributed by atoms with Crippen LogP contribution in [0.1, 0.15) is 29.0 Å². The number of ether oxygens (including phenoxy) is 2. The molecule has 3 rings (SSSR count). The van der Waals surface area contributed by atoms with E-state index in [1.54, 1.807) is 14.0 Å². The van der Waals surface area contributed by atoms with Gasteiger partial charge in [0, 0.05) is 20.0 Å². The Kier molecular flexibility index (Phi) is 4.40. The van der Waals surface area contributed by atoms with Gasteiger partial charge in [0.25, 0.3) is 0 Å². The van der Waals surface area contributed by atoms with Gasteiger partial charge in [-0.05, 0) is 24.1 Å². The standard InChI is InChI=1S/C16H21N3O3/c1-11-4-5-13(8-15(11)20-3)9-19-6-7-21-10-14(19)16-18-17-12(2)22-16/h4-5,8,14H,6-7,9-10H2,1-3H3/t14-/m1/s1. The molecule has 0 saturated carbocycles. The number of hydrogen-bond donors (Lipinski definition) is 0. The summed E-state index contributed by atoms with van der Waals surface area (Å²) >= 11 is 0. The average molecular weight is 303 g/mol. The molecule has 0 bridgehead atoms. The molecule has 0 radical (unpaired) electrons. The van der Waals surface area contributed by atoms with Crippen molar-refractivity contribution in [1.82, 2.24) is 15.1 Å². The molecule has 2 aromatic rings. The van der Waals surface area contributed by atoms with Crippen molar-refractivity contribution in [3.8, 4) is 5.75 Å². The molecule has 118 valence electrons. The van der Waals surface area contributed by atoms with Crippen LogP contribution < -0.4 is 4.74 Å². The molecule has 1 fully saturated rings. The Labute approximate surface area is 130 Å². The van der Waals surface area contributed by atoms with Crippen LogP contribution >= 0.6 is 0 Å². The summed E-state index contributed by atoms with van der Waals surface area (Å²) in [6.07, 6.45) is 0. The van der Waals surface area contributed by atoms with Crippen molar-refractivity contribution >= 4 is 0 Å². The number of morpholine rings is 1. The lowest BCUT2D eigenvalue weighted by atomic mass is 10.1. The van der Waals surface area contributed by atoms with Crippen molar-refractivity contribution in [2.45, 2.75) is 26.4 Å². The number of rotatable bonds is 4. The van der Waals surface area contributed by atoms with Crippen LogP contribution in [0.5, 0.6) is 5.75 Å². The quantitative estimate of drug-likeness (QED) is 0.863. The van der Waals surface area contributed by atoms with E-state index in [-0.39, 0.29) is 6.04 Å². The predicted octanol–water partition coefficient (Wildman–Crippen LogP) is 2.27. The van der Waals surface area contributed by atoms with Crippen LogP contribution in [0.15, 0.2) is 22.6 Å². The molecule has 0 spiro atoms. The zero-order valence-corrected chi connectivity index (χ0v) is 13.2. The number of nitrogens with zero attached hydrogens (tertiary/aromatic N) is 3. The summed E-state index contributed by atoms with van der Waals surface area (Å²) in [5, 5.41) is 8.07. The summed E-state index contributed by atoms with van der Waals surface area (Å²) in [6, 6.07) is 6.30. The van der Waals surface area contributed by atoms with E-state index in [4.69, 9.17) is 13.9 Å². The maximum Gasteiger partial charge on any atom is 0.235 e. The Bertz CT molecular complexity index is 641. The highest BCUT2D eigenvalue weighted by atomic mass is 16.5. The van der Waals surface area contributed by atoms with E-state index >= 15 is 0 Å². The Hall–Kier alpha value is -1.92. The monoisotopic (exact) mass is 303 g/mol. The highest BCUT2D eigenvalue weighted by Crippen LogP contribution is 2.27. The second-order valence-electron chi connectivity index (χ2n) is 5.52. The van der Waals surface area contributed by atoms with E-state index in [9.17, 15) is 0 Å². The van der Waals surface area contributed by atoms with Crippen LogP contribution in [0.25, 0.3) is 0 Å². The number of aromatic nitrogens is 2. The Morgan fingerprint density at radius 3 is 2.91 bits per heavy atom. The van der Waals surface area contributed by atoms with Crippen LogP contribution in [0.3, 0.4) is 0 Å². The molecule has 1 aromatic carbocycles. The first-order valence-corrected chi connectivity index (χ1v) is 7.42. The van der Waals surface area contributed by atoms with Gasteiger partial charge in [0.05, 0.1) is 20.3 Å². The van der Waals surface area contributed by atoms with Crippen molar-refractivity contribution in [2.24, 2.45) is 0 Å². The second kappa shape index (κ2) is 6.46. The van der Waals surface area contributed by atoms with Crippen molar-refractivity contribution in [1.29, 1.82) is 0 Å². The van der Waals surface area contributed by atoms with Crippen molar-refractivity contribution in [3.05, 3.63) is 41.1 Å². The Morgan fingerprint density at radius 1 is 1.32 bits per heavy atom. The maximum absolute atomic E-state index is 5.59. The van der Waals surface area contributed by atoms with Gasteiger partial charge < -0.3 is 13.9 Å². The molecule has 2 heterocycles. The third-order valence-electron chi connectivity index (χ3n) is 3.92. The molecule has 1 aliphatic heterocycles. The normalized spacial score (nSPS) is 19.3. The first-order chi connectivity index (χ1) is 10.7. The van der Waals surface area contributed by atoms with Crippen LogP contribution in [0.4, 0.5) is 0 Å². The molecule has 0 unspecified atom stereocenters. The summed E-state index contributed by atoms with van der Waals surface area (Å²) < 4.78 is 16.6. The molecular formula is C16H21N3O3. The van der Waals surface area contributed by atoms with E-state index < -0.39 is 0 Å². The fraction of sp³-hybridized carbons (Fsp3) is 0.500. The molecule has 6 nitrogen and oxygen atoms in total. The van der Waals surface area contributed by atoms with Gasteiger partial charge in [-0.25, -0.2) is 0 Å². The molecule has 1 saturated heterocycles. The van der Waals surface area contributed by atoms with Crippen LogP contribution in [0, 0.1) is 13.8 Å². The number of hydrogen-bond acceptors (Lipinski definition) is 6.